The quantitative estimate of drug-likeness (QED) is 0.462. The molecule has 3 aromatic rings. The van der Waals surface area contributed by atoms with Crippen molar-refractivity contribution in [1.82, 2.24) is 14.7 Å². The Balaban J connectivity index is 1.23. The van der Waals surface area contributed by atoms with Crippen LogP contribution in [0.1, 0.15) is 36.0 Å². The third-order valence-corrected chi connectivity index (χ3v) is 6.55. The molecule has 34 heavy (non-hydrogen) atoms. The highest BCUT2D eigenvalue weighted by Crippen LogP contribution is 2.27. The minimum Gasteiger partial charge on any atom is -0.492 e. The summed E-state index contributed by atoms with van der Waals surface area (Å²) >= 11 is 5.88. The Kier molecular flexibility index (Phi) is 8.14. The van der Waals surface area contributed by atoms with Gasteiger partial charge in [0.25, 0.3) is 0 Å². The van der Waals surface area contributed by atoms with Crippen LogP contribution in [0.15, 0.2) is 54.9 Å². The number of likely N-dealkylation sites (tertiary alicyclic amines) is 1. The zero-order valence-corrected chi connectivity index (χ0v) is 20.8. The molecule has 0 saturated carbocycles. The summed E-state index contributed by atoms with van der Waals surface area (Å²) in [6.07, 6.45) is 5.81. The van der Waals surface area contributed by atoms with Gasteiger partial charge in [-0.25, -0.2) is 0 Å². The second kappa shape index (κ2) is 11.3. The molecule has 6 nitrogen and oxygen atoms in total. The molecule has 1 fully saturated rings. The van der Waals surface area contributed by atoms with Crippen LogP contribution in [0, 0.1) is 13.8 Å². The lowest BCUT2D eigenvalue weighted by atomic mass is 9.96. The molecule has 0 aliphatic carbocycles. The van der Waals surface area contributed by atoms with Crippen molar-refractivity contribution in [3.8, 4) is 11.5 Å². The molecular formula is C27H34ClN3O3. The van der Waals surface area contributed by atoms with Crippen molar-refractivity contribution in [3.05, 3.63) is 76.6 Å². The summed E-state index contributed by atoms with van der Waals surface area (Å²) in [5.74, 6) is 1.70. The lowest BCUT2D eigenvalue weighted by Gasteiger charge is -2.27. The topological polar surface area (TPSA) is 59.8 Å². The smallest absolute Gasteiger partial charge is 0.122 e. The van der Waals surface area contributed by atoms with Crippen molar-refractivity contribution in [1.29, 1.82) is 0 Å². The summed E-state index contributed by atoms with van der Waals surface area (Å²) in [5, 5.41) is 15.9. The van der Waals surface area contributed by atoms with E-state index in [1.165, 1.54) is 11.1 Å². The highest BCUT2D eigenvalue weighted by Gasteiger charge is 2.31. The van der Waals surface area contributed by atoms with Gasteiger partial charge in [0.15, 0.2) is 0 Å². The van der Waals surface area contributed by atoms with Crippen LogP contribution >= 0.6 is 11.6 Å². The van der Waals surface area contributed by atoms with Gasteiger partial charge in [0, 0.05) is 19.3 Å². The maximum atomic E-state index is 11.2. The van der Waals surface area contributed by atoms with Crippen molar-refractivity contribution in [3.63, 3.8) is 0 Å². The number of benzene rings is 2. The number of ether oxygens (including phenoxy) is 2. The van der Waals surface area contributed by atoms with E-state index in [1.54, 1.807) is 17.1 Å². The fourth-order valence-corrected chi connectivity index (χ4v) is 4.53. The number of hydrogen-bond donors (Lipinski definition) is 1. The number of rotatable bonds is 9. The SMILES string of the molecule is Cc1ccc(OC[C@]2(O)CCCN(Cc3ccc(OCCn4cc(Cl)cn4)cc3)CC2)c(C)c1. The average molecular weight is 484 g/mol. The van der Waals surface area contributed by atoms with Gasteiger partial charge < -0.3 is 14.6 Å². The van der Waals surface area contributed by atoms with Crippen LogP contribution in [0.25, 0.3) is 0 Å². The molecule has 1 aromatic heterocycles. The molecule has 0 spiro atoms. The summed E-state index contributed by atoms with van der Waals surface area (Å²) in [6.45, 7) is 8.32. The van der Waals surface area contributed by atoms with Gasteiger partial charge in [0.2, 0.25) is 0 Å². The first-order chi connectivity index (χ1) is 16.4. The van der Waals surface area contributed by atoms with Gasteiger partial charge in [-0.2, -0.15) is 5.10 Å². The normalized spacial score (nSPS) is 19.1. The van der Waals surface area contributed by atoms with Crippen molar-refractivity contribution in [2.24, 2.45) is 0 Å². The number of aliphatic hydroxyl groups is 1. The van der Waals surface area contributed by atoms with Crippen molar-refractivity contribution < 1.29 is 14.6 Å². The number of halogens is 1. The Labute approximate surface area is 207 Å². The summed E-state index contributed by atoms with van der Waals surface area (Å²) in [7, 11) is 0. The second-order valence-electron chi connectivity index (χ2n) is 9.33. The Bertz CT molecular complexity index is 1070. The van der Waals surface area contributed by atoms with Gasteiger partial charge in [-0.05, 0) is 69.0 Å². The number of nitrogens with zero attached hydrogens (tertiary/aromatic N) is 3. The van der Waals surface area contributed by atoms with E-state index in [0.29, 0.717) is 31.2 Å². The first-order valence-electron chi connectivity index (χ1n) is 11.9. The molecule has 182 valence electrons. The van der Waals surface area contributed by atoms with Crippen LogP contribution in [0.5, 0.6) is 11.5 Å². The number of hydrogen-bond acceptors (Lipinski definition) is 5. The standard InChI is InChI=1S/C27H34ClN3O3/c1-21-4-9-26(22(2)16-21)34-20-27(32)10-3-12-30(13-11-27)18-23-5-7-25(8-6-23)33-15-14-31-19-24(28)17-29-31/h4-9,16-17,19,32H,3,10-15,18,20H2,1-2H3/t27-/m0/s1. The van der Waals surface area contributed by atoms with Crippen LogP contribution in [0.3, 0.4) is 0 Å². The highest BCUT2D eigenvalue weighted by atomic mass is 35.5. The zero-order chi connectivity index (χ0) is 24.0. The molecular weight excluding hydrogens is 450 g/mol. The van der Waals surface area contributed by atoms with Crippen molar-refractivity contribution in [2.75, 3.05) is 26.3 Å². The number of aromatic nitrogens is 2. The molecule has 1 aliphatic heterocycles. The van der Waals surface area contributed by atoms with Crippen LogP contribution in [-0.4, -0.2) is 51.7 Å². The molecule has 0 amide bonds. The third kappa shape index (κ3) is 6.98. The maximum absolute atomic E-state index is 11.2. The van der Waals surface area contributed by atoms with Crippen LogP contribution in [-0.2, 0) is 13.1 Å². The van der Waals surface area contributed by atoms with Crippen LogP contribution in [0.4, 0.5) is 0 Å². The van der Waals surface area contributed by atoms with E-state index in [1.807, 2.05) is 31.2 Å². The molecule has 4 rings (SSSR count). The molecule has 2 heterocycles. The molecule has 1 atom stereocenters. The molecule has 0 bridgehead atoms. The molecule has 1 aliphatic rings. The van der Waals surface area contributed by atoms with Gasteiger partial charge >= 0.3 is 0 Å². The molecule has 2 aromatic carbocycles. The maximum Gasteiger partial charge on any atom is 0.122 e. The molecule has 0 radical (unpaired) electrons. The highest BCUT2D eigenvalue weighted by molar-refractivity contribution is 6.30. The zero-order valence-electron chi connectivity index (χ0n) is 20.0. The first-order valence-corrected chi connectivity index (χ1v) is 12.3. The van der Waals surface area contributed by atoms with E-state index in [9.17, 15) is 5.11 Å². The van der Waals surface area contributed by atoms with Gasteiger partial charge in [0.1, 0.15) is 24.7 Å². The summed E-state index contributed by atoms with van der Waals surface area (Å²) < 4.78 is 13.6. The second-order valence-corrected chi connectivity index (χ2v) is 9.76. The van der Waals surface area contributed by atoms with E-state index in [2.05, 4.69) is 35.1 Å². The molecule has 1 N–H and O–H groups in total. The molecule has 1 saturated heterocycles. The van der Waals surface area contributed by atoms with Gasteiger partial charge in [-0.1, -0.05) is 41.4 Å². The summed E-state index contributed by atoms with van der Waals surface area (Å²) in [4.78, 5) is 2.41. The fraction of sp³-hybridized carbons (Fsp3) is 0.444. The van der Waals surface area contributed by atoms with Crippen molar-refractivity contribution in [2.45, 2.75) is 51.8 Å². The Morgan fingerprint density at radius 2 is 1.88 bits per heavy atom. The minimum absolute atomic E-state index is 0.335. The van der Waals surface area contributed by atoms with E-state index in [4.69, 9.17) is 21.1 Å². The average Bonchev–Trinajstić information content (AvgIpc) is 3.13. The number of aryl methyl sites for hydroxylation is 2. The summed E-state index contributed by atoms with van der Waals surface area (Å²) in [6, 6.07) is 14.4. The van der Waals surface area contributed by atoms with Gasteiger partial charge in [-0.3, -0.25) is 9.58 Å². The van der Waals surface area contributed by atoms with E-state index < -0.39 is 5.60 Å². The third-order valence-electron chi connectivity index (χ3n) is 6.36. The van der Waals surface area contributed by atoms with Gasteiger partial charge in [-0.15, -0.1) is 0 Å². The Hall–Kier alpha value is -2.54. The van der Waals surface area contributed by atoms with E-state index >= 15 is 0 Å². The monoisotopic (exact) mass is 483 g/mol. The van der Waals surface area contributed by atoms with E-state index in [0.717, 1.165) is 49.5 Å². The Morgan fingerprint density at radius 3 is 2.62 bits per heavy atom. The fourth-order valence-electron chi connectivity index (χ4n) is 4.38. The Morgan fingerprint density at radius 1 is 1.06 bits per heavy atom. The molecule has 0 unspecified atom stereocenters. The lowest BCUT2D eigenvalue weighted by molar-refractivity contribution is -0.0170. The van der Waals surface area contributed by atoms with Crippen molar-refractivity contribution >= 4 is 11.6 Å². The van der Waals surface area contributed by atoms with Crippen LogP contribution < -0.4 is 9.47 Å². The van der Waals surface area contributed by atoms with Gasteiger partial charge in [0.05, 0.1) is 23.4 Å². The largest absolute Gasteiger partial charge is 0.492 e. The summed E-state index contributed by atoms with van der Waals surface area (Å²) in [5.41, 5.74) is 2.77. The lowest BCUT2D eigenvalue weighted by Crippen LogP contribution is -2.37. The first kappa shape index (κ1) is 24.6. The predicted molar refractivity (Wildman–Crippen MR) is 135 cm³/mol. The molecule has 7 heteroatoms. The predicted octanol–water partition coefficient (Wildman–Crippen LogP) is 5.03. The van der Waals surface area contributed by atoms with Crippen LogP contribution in [0.2, 0.25) is 5.02 Å². The van der Waals surface area contributed by atoms with E-state index in [-0.39, 0.29) is 0 Å². The minimum atomic E-state index is -0.789.